The van der Waals surface area contributed by atoms with Crippen LogP contribution in [0.3, 0.4) is 0 Å². The zero-order valence-electron chi connectivity index (χ0n) is 17.3. The summed E-state index contributed by atoms with van der Waals surface area (Å²) in [6.45, 7) is 4.90. The number of aromatic nitrogens is 4. The molecular formula is C24H23N5OS. The van der Waals surface area contributed by atoms with Crippen molar-refractivity contribution in [3.63, 3.8) is 0 Å². The first-order valence-corrected chi connectivity index (χ1v) is 10.7. The van der Waals surface area contributed by atoms with Crippen LogP contribution >= 0.6 is 12.2 Å². The van der Waals surface area contributed by atoms with Crippen LogP contribution in [0.2, 0.25) is 0 Å². The number of ether oxygens (including phenoxy) is 1. The Bertz CT molecular complexity index is 1250. The van der Waals surface area contributed by atoms with Gasteiger partial charge >= 0.3 is 0 Å². The lowest BCUT2D eigenvalue weighted by Crippen LogP contribution is -2.29. The number of benzene rings is 2. The minimum absolute atomic E-state index is 0.591. The number of hydrogen-bond donors (Lipinski definition) is 0. The highest BCUT2D eigenvalue weighted by Gasteiger charge is 2.19. The fourth-order valence-electron chi connectivity index (χ4n) is 3.80. The first kappa shape index (κ1) is 19.7. The lowest BCUT2D eigenvalue weighted by molar-refractivity contribution is 0.177. The van der Waals surface area contributed by atoms with Gasteiger partial charge < -0.3 is 4.74 Å². The molecule has 156 valence electrons. The molecule has 5 rings (SSSR count). The number of rotatable bonds is 4. The van der Waals surface area contributed by atoms with Gasteiger partial charge in [0.05, 0.1) is 6.67 Å². The Balaban J connectivity index is 1.54. The Morgan fingerprint density at radius 2 is 1.77 bits per heavy atom. The zero-order chi connectivity index (χ0) is 21.2. The van der Waals surface area contributed by atoms with Crippen LogP contribution in [0.25, 0.3) is 17.1 Å². The van der Waals surface area contributed by atoms with Crippen LogP contribution in [-0.2, 0) is 13.2 Å². The van der Waals surface area contributed by atoms with Crippen LogP contribution in [-0.4, -0.2) is 37.4 Å². The maximum atomic E-state index is 5.92. The Morgan fingerprint density at radius 3 is 2.58 bits per heavy atom. The molecule has 2 aromatic carbocycles. The van der Waals surface area contributed by atoms with E-state index in [-0.39, 0.29) is 0 Å². The highest BCUT2D eigenvalue weighted by molar-refractivity contribution is 7.71. The first-order valence-electron chi connectivity index (χ1n) is 10.3. The van der Waals surface area contributed by atoms with Gasteiger partial charge in [-0.2, -0.15) is 0 Å². The quantitative estimate of drug-likeness (QED) is 0.443. The van der Waals surface area contributed by atoms with Gasteiger partial charge in [-0.05, 0) is 49.5 Å². The number of aryl methyl sites for hydroxylation is 1. The van der Waals surface area contributed by atoms with Crippen LogP contribution in [0, 0.1) is 11.7 Å². The third kappa shape index (κ3) is 4.02. The summed E-state index contributed by atoms with van der Waals surface area (Å²) >= 11 is 5.90. The molecule has 0 saturated carbocycles. The van der Waals surface area contributed by atoms with Crippen molar-refractivity contribution in [2.75, 3.05) is 13.2 Å². The molecule has 0 aliphatic carbocycles. The average Bonchev–Trinajstić information content (AvgIpc) is 2.98. The van der Waals surface area contributed by atoms with Crippen LogP contribution < -0.4 is 4.74 Å². The number of para-hydroxylation sites is 1. The summed E-state index contributed by atoms with van der Waals surface area (Å²) in [4.78, 5) is 6.46. The van der Waals surface area contributed by atoms with E-state index in [4.69, 9.17) is 22.1 Å². The van der Waals surface area contributed by atoms with E-state index in [1.54, 1.807) is 12.4 Å². The highest BCUT2D eigenvalue weighted by Crippen LogP contribution is 2.25. The fourth-order valence-corrected chi connectivity index (χ4v) is 4.09. The van der Waals surface area contributed by atoms with Gasteiger partial charge in [0.1, 0.15) is 12.4 Å². The molecule has 0 radical (unpaired) electrons. The summed E-state index contributed by atoms with van der Waals surface area (Å²) in [7, 11) is 0. The molecule has 3 heterocycles. The highest BCUT2D eigenvalue weighted by atomic mass is 32.1. The summed E-state index contributed by atoms with van der Waals surface area (Å²) in [6, 6.07) is 20.5. The van der Waals surface area contributed by atoms with Crippen molar-refractivity contribution in [2.45, 2.75) is 20.1 Å². The molecule has 7 heteroatoms. The summed E-state index contributed by atoms with van der Waals surface area (Å²) < 4.78 is 10.5. The summed E-state index contributed by atoms with van der Waals surface area (Å²) in [6.07, 6.45) is 3.56. The summed E-state index contributed by atoms with van der Waals surface area (Å²) in [5.74, 6) is 1.76. The topological polar surface area (TPSA) is 48.1 Å². The van der Waals surface area contributed by atoms with Crippen molar-refractivity contribution in [1.29, 1.82) is 0 Å². The van der Waals surface area contributed by atoms with Gasteiger partial charge in [-0.1, -0.05) is 35.9 Å². The molecule has 1 aliphatic heterocycles. The number of nitrogens with zero attached hydrogens (tertiary/aromatic N) is 5. The first-order chi connectivity index (χ1) is 15.2. The minimum atomic E-state index is 0.591. The molecule has 0 fully saturated rings. The van der Waals surface area contributed by atoms with Crippen molar-refractivity contribution >= 4 is 12.2 Å². The second kappa shape index (κ2) is 8.45. The van der Waals surface area contributed by atoms with Gasteiger partial charge in [-0.3, -0.25) is 14.5 Å². The molecule has 4 aromatic rings. The van der Waals surface area contributed by atoms with E-state index in [1.165, 1.54) is 11.1 Å². The lowest BCUT2D eigenvalue weighted by atomic mass is 10.2. The van der Waals surface area contributed by atoms with Crippen molar-refractivity contribution in [3.8, 4) is 22.8 Å². The van der Waals surface area contributed by atoms with E-state index in [1.807, 2.05) is 39.6 Å². The molecule has 0 bridgehead atoms. The predicted octanol–water partition coefficient (Wildman–Crippen LogP) is 4.63. The summed E-state index contributed by atoms with van der Waals surface area (Å²) in [5, 5.41) is 4.92. The van der Waals surface area contributed by atoms with Crippen molar-refractivity contribution < 1.29 is 4.74 Å². The fraction of sp³-hybridized carbons (Fsp3) is 0.208. The van der Waals surface area contributed by atoms with Crippen LogP contribution in [0.15, 0.2) is 73.1 Å². The van der Waals surface area contributed by atoms with Crippen molar-refractivity contribution in [3.05, 3.63) is 89.0 Å². The Kier molecular flexibility index (Phi) is 5.36. The van der Waals surface area contributed by atoms with E-state index >= 15 is 0 Å². The second-order valence-corrected chi connectivity index (χ2v) is 8.03. The number of hydrogen-bond acceptors (Lipinski definition) is 5. The van der Waals surface area contributed by atoms with Crippen LogP contribution in [0.5, 0.6) is 5.75 Å². The molecule has 1 aliphatic rings. The lowest BCUT2D eigenvalue weighted by Gasteiger charge is -2.18. The van der Waals surface area contributed by atoms with Gasteiger partial charge in [-0.25, -0.2) is 4.68 Å². The zero-order valence-corrected chi connectivity index (χ0v) is 18.1. The maximum Gasteiger partial charge on any atom is 0.204 e. The van der Waals surface area contributed by atoms with E-state index < -0.39 is 0 Å². The molecule has 2 aromatic heterocycles. The Morgan fingerprint density at radius 1 is 1.00 bits per heavy atom. The van der Waals surface area contributed by atoms with E-state index in [0.717, 1.165) is 35.9 Å². The van der Waals surface area contributed by atoms with E-state index in [0.29, 0.717) is 18.0 Å². The van der Waals surface area contributed by atoms with Gasteiger partial charge in [0, 0.05) is 42.3 Å². The number of fused-ring (bicyclic) bond motifs is 1. The third-order valence-corrected chi connectivity index (χ3v) is 5.83. The Hall–Kier alpha value is -3.29. The van der Waals surface area contributed by atoms with Crippen molar-refractivity contribution in [2.24, 2.45) is 0 Å². The van der Waals surface area contributed by atoms with E-state index in [9.17, 15) is 0 Å². The summed E-state index contributed by atoms with van der Waals surface area (Å²) in [5.41, 5.74) is 4.36. The molecule has 0 N–H and O–H groups in total. The Labute approximate surface area is 186 Å². The average molecular weight is 430 g/mol. The van der Waals surface area contributed by atoms with Crippen molar-refractivity contribution in [1.82, 2.24) is 24.2 Å². The standard InChI is InChI=1S/C24H23N5OS/c1-18-6-8-21(9-7-18)29-23(19-10-12-25-13-11-19)26-28(24(29)31)17-27-14-15-30-22-5-3-2-4-20(22)16-27/h2-13H,14-17H2,1H3. The molecule has 31 heavy (non-hydrogen) atoms. The minimum Gasteiger partial charge on any atom is -0.492 e. The van der Waals surface area contributed by atoms with Gasteiger partial charge in [0.25, 0.3) is 0 Å². The normalized spacial score (nSPS) is 14.0. The number of pyridine rings is 1. The predicted molar refractivity (Wildman–Crippen MR) is 123 cm³/mol. The van der Waals surface area contributed by atoms with Gasteiger partial charge in [-0.15, -0.1) is 5.10 Å². The molecule has 0 spiro atoms. The molecule has 0 atom stereocenters. The van der Waals surface area contributed by atoms with E-state index in [2.05, 4.69) is 47.1 Å². The monoisotopic (exact) mass is 429 g/mol. The second-order valence-electron chi connectivity index (χ2n) is 7.66. The van der Waals surface area contributed by atoms with Crippen LogP contribution in [0.4, 0.5) is 0 Å². The largest absolute Gasteiger partial charge is 0.492 e. The van der Waals surface area contributed by atoms with Crippen LogP contribution in [0.1, 0.15) is 11.1 Å². The molecule has 0 saturated heterocycles. The molecular weight excluding hydrogens is 406 g/mol. The smallest absolute Gasteiger partial charge is 0.204 e. The molecule has 0 unspecified atom stereocenters. The SMILES string of the molecule is Cc1ccc(-n2c(-c3ccncc3)nn(CN3CCOc4ccccc4C3)c2=S)cc1. The maximum absolute atomic E-state index is 5.92. The molecule has 0 amide bonds. The van der Waals surface area contributed by atoms with Gasteiger partial charge in [0.2, 0.25) is 4.77 Å². The third-order valence-electron chi connectivity index (χ3n) is 5.44. The van der Waals surface area contributed by atoms with Gasteiger partial charge in [0.15, 0.2) is 5.82 Å². The molecule has 6 nitrogen and oxygen atoms in total.